The van der Waals surface area contributed by atoms with Crippen LogP contribution in [0.15, 0.2) is 29.2 Å². The van der Waals surface area contributed by atoms with Crippen molar-refractivity contribution < 1.29 is 14.7 Å². The van der Waals surface area contributed by atoms with Gasteiger partial charge in [0, 0.05) is 22.9 Å². The number of aliphatic carboxylic acids is 1. The largest absolute Gasteiger partial charge is 0.480 e. The number of halogens is 1. The van der Waals surface area contributed by atoms with Crippen molar-refractivity contribution in [3.63, 3.8) is 0 Å². The van der Waals surface area contributed by atoms with Gasteiger partial charge in [-0.1, -0.05) is 11.6 Å². The van der Waals surface area contributed by atoms with E-state index in [0.29, 0.717) is 24.4 Å². The molecule has 4 nitrogen and oxygen atoms in total. The van der Waals surface area contributed by atoms with E-state index >= 15 is 0 Å². The summed E-state index contributed by atoms with van der Waals surface area (Å²) >= 11 is 7.49. The molecule has 0 bridgehead atoms. The molecule has 1 heterocycles. The summed E-state index contributed by atoms with van der Waals surface area (Å²) in [5.41, 5.74) is 0. The first-order chi connectivity index (χ1) is 10.1. The van der Waals surface area contributed by atoms with E-state index in [9.17, 15) is 9.59 Å². The van der Waals surface area contributed by atoms with Crippen LogP contribution in [0.3, 0.4) is 0 Å². The van der Waals surface area contributed by atoms with Crippen LogP contribution < -0.4 is 0 Å². The Hall–Kier alpha value is -1.20. The van der Waals surface area contributed by atoms with E-state index in [4.69, 9.17) is 16.7 Å². The molecule has 2 rings (SSSR count). The lowest BCUT2D eigenvalue weighted by atomic mass is 10.2. The number of carbonyl (C=O) groups is 2. The van der Waals surface area contributed by atoms with Gasteiger partial charge in [0.25, 0.3) is 0 Å². The number of hydrogen-bond donors (Lipinski definition) is 1. The van der Waals surface area contributed by atoms with Crippen LogP contribution in [0.2, 0.25) is 5.02 Å². The maximum atomic E-state index is 12.1. The molecule has 0 spiro atoms. The summed E-state index contributed by atoms with van der Waals surface area (Å²) in [4.78, 5) is 25.7. The van der Waals surface area contributed by atoms with E-state index in [0.717, 1.165) is 23.5 Å². The fourth-order valence-electron chi connectivity index (χ4n) is 2.41. The molecule has 0 saturated carbocycles. The van der Waals surface area contributed by atoms with Crippen molar-refractivity contribution in [2.45, 2.75) is 36.6 Å². The molecule has 1 saturated heterocycles. The Labute approximate surface area is 133 Å². The van der Waals surface area contributed by atoms with Gasteiger partial charge in [-0.05, 0) is 49.3 Å². The van der Waals surface area contributed by atoms with Crippen LogP contribution in [-0.4, -0.2) is 40.2 Å². The zero-order valence-electron chi connectivity index (χ0n) is 11.6. The van der Waals surface area contributed by atoms with Gasteiger partial charge < -0.3 is 10.0 Å². The van der Waals surface area contributed by atoms with Crippen LogP contribution in [0.4, 0.5) is 0 Å². The Morgan fingerprint density at radius 1 is 1.33 bits per heavy atom. The van der Waals surface area contributed by atoms with Gasteiger partial charge in [-0.25, -0.2) is 4.79 Å². The number of carbonyl (C=O) groups excluding carboxylic acids is 1. The first-order valence-corrected chi connectivity index (χ1v) is 8.35. The average molecular weight is 328 g/mol. The van der Waals surface area contributed by atoms with Crippen molar-refractivity contribution in [1.82, 2.24) is 4.90 Å². The number of benzene rings is 1. The molecule has 1 aromatic rings. The SMILES string of the molecule is O=C(O)[C@H]1CCCN1C(=O)CCCSc1ccc(Cl)cc1. The number of carboxylic acids is 1. The Bertz CT molecular complexity index is 506. The summed E-state index contributed by atoms with van der Waals surface area (Å²) in [7, 11) is 0. The smallest absolute Gasteiger partial charge is 0.326 e. The lowest BCUT2D eigenvalue weighted by Gasteiger charge is -2.21. The van der Waals surface area contributed by atoms with E-state index in [1.165, 1.54) is 4.90 Å². The number of likely N-dealkylation sites (tertiary alicyclic amines) is 1. The third-order valence-electron chi connectivity index (χ3n) is 3.48. The summed E-state index contributed by atoms with van der Waals surface area (Å²) in [5, 5.41) is 9.78. The van der Waals surface area contributed by atoms with E-state index in [1.54, 1.807) is 11.8 Å². The maximum Gasteiger partial charge on any atom is 0.326 e. The maximum absolute atomic E-state index is 12.1. The number of nitrogens with zero attached hydrogens (tertiary/aromatic N) is 1. The molecule has 1 fully saturated rings. The predicted molar refractivity (Wildman–Crippen MR) is 83.8 cm³/mol. The highest BCUT2D eigenvalue weighted by Gasteiger charge is 2.33. The van der Waals surface area contributed by atoms with Gasteiger partial charge in [0.05, 0.1) is 0 Å². The standard InChI is InChI=1S/C15H18ClNO3S/c16-11-5-7-12(8-6-11)21-10-2-4-14(18)17-9-1-3-13(17)15(19)20/h5-8,13H,1-4,9-10H2,(H,19,20)/t13-/m1/s1. The lowest BCUT2D eigenvalue weighted by Crippen LogP contribution is -2.40. The molecule has 21 heavy (non-hydrogen) atoms. The zero-order chi connectivity index (χ0) is 15.2. The molecular formula is C15H18ClNO3S. The molecule has 1 amide bonds. The number of thioether (sulfide) groups is 1. The number of rotatable bonds is 6. The topological polar surface area (TPSA) is 57.6 Å². The second-order valence-corrected chi connectivity index (χ2v) is 6.59. The van der Waals surface area contributed by atoms with E-state index < -0.39 is 12.0 Å². The molecule has 114 valence electrons. The van der Waals surface area contributed by atoms with Crippen LogP contribution in [0, 0.1) is 0 Å². The molecule has 1 atom stereocenters. The third kappa shape index (κ3) is 4.64. The van der Waals surface area contributed by atoms with E-state index in [1.807, 2.05) is 24.3 Å². The molecule has 6 heteroatoms. The molecule has 1 aliphatic heterocycles. The number of amides is 1. The molecule has 0 radical (unpaired) electrons. The van der Waals surface area contributed by atoms with Gasteiger partial charge in [0.15, 0.2) is 0 Å². The molecule has 1 aliphatic rings. The van der Waals surface area contributed by atoms with E-state index in [2.05, 4.69) is 0 Å². The molecule has 1 N–H and O–H groups in total. The Balaban J connectivity index is 1.72. The zero-order valence-corrected chi connectivity index (χ0v) is 13.2. The minimum Gasteiger partial charge on any atom is -0.480 e. The minimum atomic E-state index is -0.892. The van der Waals surface area contributed by atoms with Gasteiger partial charge in [-0.2, -0.15) is 0 Å². The highest BCUT2D eigenvalue weighted by atomic mass is 35.5. The summed E-state index contributed by atoms with van der Waals surface area (Å²) < 4.78 is 0. The first-order valence-electron chi connectivity index (χ1n) is 6.98. The van der Waals surface area contributed by atoms with Crippen molar-refractivity contribution in [2.75, 3.05) is 12.3 Å². The summed E-state index contributed by atoms with van der Waals surface area (Å²) in [5.74, 6) is -0.105. The van der Waals surface area contributed by atoms with Crippen LogP contribution in [0.25, 0.3) is 0 Å². The number of hydrogen-bond acceptors (Lipinski definition) is 3. The van der Waals surface area contributed by atoms with Crippen LogP contribution in [0.5, 0.6) is 0 Å². The average Bonchev–Trinajstić information content (AvgIpc) is 2.95. The van der Waals surface area contributed by atoms with Gasteiger partial charge in [-0.3, -0.25) is 4.79 Å². The molecule has 0 aromatic heterocycles. The summed E-state index contributed by atoms with van der Waals surface area (Å²) in [6.07, 6.45) is 2.50. The second-order valence-electron chi connectivity index (χ2n) is 4.99. The molecule has 0 unspecified atom stereocenters. The fraction of sp³-hybridized carbons (Fsp3) is 0.467. The summed E-state index contributed by atoms with van der Waals surface area (Å²) in [6, 6.07) is 6.97. The molecule has 0 aliphatic carbocycles. The predicted octanol–water partition coefficient (Wildman–Crippen LogP) is 3.29. The molecular weight excluding hydrogens is 310 g/mol. The number of carboxylic acid groups (broad SMARTS) is 1. The lowest BCUT2D eigenvalue weighted by molar-refractivity contribution is -0.148. The quantitative estimate of drug-likeness (QED) is 0.643. The first kappa shape index (κ1) is 16.2. The Morgan fingerprint density at radius 2 is 2.05 bits per heavy atom. The Kier molecular flexibility index (Phi) is 5.94. The van der Waals surface area contributed by atoms with Crippen molar-refractivity contribution in [1.29, 1.82) is 0 Å². The minimum absolute atomic E-state index is 0.0448. The van der Waals surface area contributed by atoms with Crippen LogP contribution in [0.1, 0.15) is 25.7 Å². The third-order valence-corrected chi connectivity index (χ3v) is 4.83. The van der Waals surface area contributed by atoms with Crippen LogP contribution in [-0.2, 0) is 9.59 Å². The van der Waals surface area contributed by atoms with Crippen LogP contribution >= 0.6 is 23.4 Å². The van der Waals surface area contributed by atoms with Gasteiger partial charge >= 0.3 is 5.97 Å². The normalized spacial score (nSPS) is 18.0. The van der Waals surface area contributed by atoms with Gasteiger partial charge in [0.1, 0.15) is 6.04 Å². The monoisotopic (exact) mass is 327 g/mol. The van der Waals surface area contributed by atoms with Crippen molar-refractivity contribution in [3.8, 4) is 0 Å². The van der Waals surface area contributed by atoms with Gasteiger partial charge in [-0.15, -0.1) is 11.8 Å². The highest BCUT2D eigenvalue weighted by molar-refractivity contribution is 7.99. The fourth-order valence-corrected chi connectivity index (χ4v) is 3.39. The molecule has 1 aromatic carbocycles. The highest BCUT2D eigenvalue weighted by Crippen LogP contribution is 2.23. The Morgan fingerprint density at radius 3 is 2.71 bits per heavy atom. The second kappa shape index (κ2) is 7.71. The van der Waals surface area contributed by atoms with E-state index in [-0.39, 0.29) is 5.91 Å². The van der Waals surface area contributed by atoms with Crippen molar-refractivity contribution in [2.24, 2.45) is 0 Å². The van der Waals surface area contributed by atoms with Crippen molar-refractivity contribution in [3.05, 3.63) is 29.3 Å². The van der Waals surface area contributed by atoms with Gasteiger partial charge in [0.2, 0.25) is 5.91 Å². The van der Waals surface area contributed by atoms with Crippen molar-refractivity contribution >= 4 is 35.2 Å². The summed E-state index contributed by atoms with van der Waals surface area (Å²) in [6.45, 7) is 0.570.